The lowest BCUT2D eigenvalue weighted by molar-refractivity contribution is -0.124. The van der Waals surface area contributed by atoms with Crippen LogP contribution < -0.4 is 10.6 Å². The van der Waals surface area contributed by atoms with Crippen LogP contribution in [0, 0.1) is 17.3 Å². The van der Waals surface area contributed by atoms with Crippen molar-refractivity contribution in [1.82, 2.24) is 10.6 Å². The first kappa shape index (κ1) is 22.9. The fraction of sp³-hybridized carbons (Fsp3) is 0.692. The van der Waals surface area contributed by atoms with Gasteiger partial charge in [-0.15, -0.1) is 0 Å². The predicted octanol–water partition coefficient (Wildman–Crippen LogP) is 4.65. The molecule has 2 saturated carbocycles. The zero-order valence-corrected chi connectivity index (χ0v) is 20.0. The van der Waals surface area contributed by atoms with Crippen molar-refractivity contribution in [3.63, 3.8) is 0 Å². The molecule has 3 aliphatic carbocycles. The number of hydrogen-bond donors (Lipinski definition) is 3. The summed E-state index contributed by atoms with van der Waals surface area (Å²) in [7, 11) is 0. The number of rotatable bonds is 3. The molecule has 0 unspecified atom stereocenters. The van der Waals surface area contributed by atoms with E-state index in [9.17, 15) is 14.7 Å². The van der Waals surface area contributed by atoms with Gasteiger partial charge in [0.15, 0.2) is 0 Å². The summed E-state index contributed by atoms with van der Waals surface area (Å²) < 4.78 is 5.28. The van der Waals surface area contributed by atoms with E-state index in [4.69, 9.17) is 4.74 Å². The first-order chi connectivity index (χ1) is 15.0. The average Bonchev–Trinajstić information content (AvgIpc) is 3.02. The van der Waals surface area contributed by atoms with Gasteiger partial charge in [-0.2, -0.15) is 0 Å². The highest BCUT2D eigenvalue weighted by Gasteiger charge is 2.55. The molecule has 0 radical (unpaired) electrons. The van der Waals surface area contributed by atoms with Gasteiger partial charge in [0.25, 0.3) is 0 Å². The summed E-state index contributed by atoms with van der Waals surface area (Å²) in [5.41, 5.74) is 2.21. The highest BCUT2D eigenvalue weighted by Crippen LogP contribution is 2.60. The number of phenols is 1. The van der Waals surface area contributed by atoms with Crippen molar-refractivity contribution >= 4 is 12.0 Å². The van der Waals surface area contributed by atoms with Crippen molar-refractivity contribution in [2.45, 2.75) is 96.7 Å². The third-order valence-corrected chi connectivity index (χ3v) is 8.15. The Labute approximate surface area is 191 Å². The third kappa shape index (κ3) is 4.33. The van der Waals surface area contributed by atoms with Gasteiger partial charge in [0.05, 0.1) is 0 Å². The van der Waals surface area contributed by atoms with Gasteiger partial charge in [-0.1, -0.05) is 13.0 Å². The zero-order chi connectivity index (χ0) is 23.3. The van der Waals surface area contributed by atoms with E-state index in [0.717, 1.165) is 38.5 Å². The monoisotopic (exact) mass is 442 g/mol. The van der Waals surface area contributed by atoms with Crippen LogP contribution in [0.25, 0.3) is 0 Å². The molecule has 2 amide bonds. The maximum Gasteiger partial charge on any atom is 0.408 e. The van der Waals surface area contributed by atoms with Crippen molar-refractivity contribution in [3.05, 3.63) is 29.3 Å². The summed E-state index contributed by atoms with van der Waals surface area (Å²) >= 11 is 0. The maximum absolute atomic E-state index is 12.9. The van der Waals surface area contributed by atoms with E-state index in [0.29, 0.717) is 23.5 Å². The number of fused-ring (bicyclic) bond motifs is 5. The van der Waals surface area contributed by atoms with E-state index in [2.05, 4.69) is 23.6 Å². The van der Waals surface area contributed by atoms with Crippen molar-refractivity contribution in [2.75, 3.05) is 0 Å². The molecule has 6 heteroatoms. The number of nitrogens with one attached hydrogen (secondary N) is 2. The molecule has 1 aromatic rings. The summed E-state index contributed by atoms with van der Waals surface area (Å²) in [6.45, 7) is 9.47. The Morgan fingerprint density at radius 1 is 1.19 bits per heavy atom. The van der Waals surface area contributed by atoms with E-state index >= 15 is 0 Å². The first-order valence-corrected chi connectivity index (χ1v) is 12.1. The lowest BCUT2D eigenvalue weighted by Crippen LogP contribution is -2.54. The fourth-order valence-corrected chi connectivity index (χ4v) is 6.65. The van der Waals surface area contributed by atoms with Crippen LogP contribution in [0.4, 0.5) is 4.79 Å². The molecular weight excluding hydrogens is 404 g/mol. The number of carbonyl (C=O) groups excluding carboxylic acids is 2. The number of carbonyl (C=O) groups is 2. The number of benzene rings is 1. The Balaban J connectivity index is 1.41. The molecule has 6 atom stereocenters. The van der Waals surface area contributed by atoms with Crippen LogP contribution in [0.5, 0.6) is 5.75 Å². The first-order valence-electron chi connectivity index (χ1n) is 12.1. The molecule has 0 bridgehead atoms. The van der Waals surface area contributed by atoms with Crippen LogP contribution >= 0.6 is 0 Å². The number of hydrogen-bond acceptors (Lipinski definition) is 4. The second-order valence-corrected chi connectivity index (χ2v) is 11.3. The van der Waals surface area contributed by atoms with Crippen molar-refractivity contribution < 1.29 is 19.4 Å². The molecular formula is C26H38N2O4. The van der Waals surface area contributed by atoms with E-state index in [1.165, 1.54) is 11.1 Å². The minimum Gasteiger partial charge on any atom is -0.508 e. The summed E-state index contributed by atoms with van der Waals surface area (Å²) in [6.07, 6.45) is 5.92. The Morgan fingerprint density at radius 2 is 1.94 bits per heavy atom. The number of aromatic hydroxyl groups is 1. The zero-order valence-electron chi connectivity index (χ0n) is 20.0. The Hall–Kier alpha value is -2.24. The minimum atomic E-state index is -0.641. The largest absolute Gasteiger partial charge is 0.508 e. The van der Waals surface area contributed by atoms with Crippen LogP contribution in [0.2, 0.25) is 0 Å². The molecule has 0 heterocycles. The van der Waals surface area contributed by atoms with Gasteiger partial charge in [0.2, 0.25) is 5.91 Å². The smallest absolute Gasteiger partial charge is 0.408 e. The molecule has 0 spiro atoms. The molecule has 4 rings (SSSR count). The van der Waals surface area contributed by atoms with Gasteiger partial charge >= 0.3 is 6.09 Å². The van der Waals surface area contributed by atoms with Crippen LogP contribution in [-0.4, -0.2) is 34.8 Å². The predicted molar refractivity (Wildman–Crippen MR) is 123 cm³/mol. The van der Waals surface area contributed by atoms with Gasteiger partial charge in [-0.05, 0) is 113 Å². The number of ether oxygens (including phenoxy) is 1. The summed E-state index contributed by atoms with van der Waals surface area (Å²) in [5, 5.41) is 15.8. The lowest BCUT2D eigenvalue weighted by atomic mass is 9.55. The molecule has 6 nitrogen and oxygen atoms in total. The van der Waals surface area contributed by atoms with E-state index in [1.54, 1.807) is 27.7 Å². The van der Waals surface area contributed by atoms with Gasteiger partial charge in [0.1, 0.15) is 17.4 Å². The molecule has 0 aromatic heterocycles. The van der Waals surface area contributed by atoms with E-state index in [1.807, 2.05) is 12.1 Å². The minimum absolute atomic E-state index is 0.0802. The highest BCUT2D eigenvalue weighted by molar-refractivity contribution is 5.85. The molecule has 32 heavy (non-hydrogen) atoms. The number of aryl methyl sites for hydroxylation is 1. The van der Waals surface area contributed by atoms with Crippen molar-refractivity contribution in [2.24, 2.45) is 17.3 Å². The van der Waals surface area contributed by atoms with Crippen LogP contribution in [0.15, 0.2) is 18.2 Å². The maximum atomic E-state index is 12.9. The van der Waals surface area contributed by atoms with Crippen molar-refractivity contribution in [1.29, 1.82) is 0 Å². The lowest BCUT2D eigenvalue weighted by Gasteiger charge is -2.51. The normalized spacial score (nSPS) is 32.2. The van der Waals surface area contributed by atoms with Crippen molar-refractivity contribution in [3.8, 4) is 5.75 Å². The summed E-state index contributed by atoms with van der Waals surface area (Å²) in [6, 6.07) is 5.38. The van der Waals surface area contributed by atoms with E-state index in [-0.39, 0.29) is 17.4 Å². The quantitative estimate of drug-likeness (QED) is 0.636. The van der Waals surface area contributed by atoms with E-state index < -0.39 is 17.7 Å². The number of amides is 2. The summed E-state index contributed by atoms with van der Waals surface area (Å²) in [4.78, 5) is 24.9. The topological polar surface area (TPSA) is 87.7 Å². The molecule has 3 N–H and O–H groups in total. The van der Waals surface area contributed by atoms with Gasteiger partial charge in [0, 0.05) is 6.04 Å². The third-order valence-electron chi connectivity index (χ3n) is 8.15. The Bertz CT molecular complexity index is 892. The highest BCUT2D eigenvalue weighted by atomic mass is 16.6. The van der Waals surface area contributed by atoms with Crippen LogP contribution in [-0.2, 0) is 16.0 Å². The van der Waals surface area contributed by atoms with Crippen LogP contribution in [0.3, 0.4) is 0 Å². The average molecular weight is 443 g/mol. The number of phenolic OH excluding ortho intramolecular Hbond substituents is 1. The van der Waals surface area contributed by atoms with Crippen LogP contribution in [0.1, 0.15) is 83.8 Å². The molecule has 176 valence electrons. The molecule has 3 aliphatic rings. The van der Waals surface area contributed by atoms with Gasteiger partial charge in [-0.25, -0.2) is 4.79 Å². The van der Waals surface area contributed by atoms with Gasteiger partial charge in [-0.3, -0.25) is 4.79 Å². The standard InChI is InChI=1S/C26H38N2O4/c1-15(27-24(31)32-25(2,3)4)23(30)28-22-11-10-21-20-8-6-16-14-17(29)7-9-18(16)19(20)12-13-26(21,22)5/h7,9,14-15,19-22,29H,6,8,10-13H2,1-5H3,(H,27,31)(H,28,30)/t15-,19+,20+,21-,22-,26-/m0/s1. The van der Waals surface area contributed by atoms with Gasteiger partial charge < -0.3 is 20.5 Å². The fourth-order valence-electron chi connectivity index (χ4n) is 6.65. The molecule has 0 saturated heterocycles. The molecule has 0 aliphatic heterocycles. The molecule has 2 fully saturated rings. The Kier molecular flexibility index (Phi) is 5.93. The number of alkyl carbamates (subject to hydrolysis) is 1. The Morgan fingerprint density at radius 3 is 2.66 bits per heavy atom. The summed E-state index contributed by atoms with van der Waals surface area (Å²) in [5.74, 6) is 1.99. The SMILES string of the molecule is C[C@H](NC(=O)OC(C)(C)C)C(=O)N[C@H]1CC[C@H]2[C@@H]3CCc4cc(O)ccc4[C@H]3CC[C@]12C. The molecule has 1 aromatic carbocycles. The second kappa shape index (κ2) is 8.27. The second-order valence-electron chi connectivity index (χ2n) is 11.3.